The molecule has 3 heterocycles. The zero-order valence-electron chi connectivity index (χ0n) is 22.3. The zero-order chi connectivity index (χ0) is 29.8. The van der Waals surface area contributed by atoms with Gasteiger partial charge in [-0.3, -0.25) is 9.35 Å². The van der Waals surface area contributed by atoms with Gasteiger partial charge in [-0.15, -0.1) is 11.3 Å². The second kappa shape index (κ2) is 12.4. The summed E-state index contributed by atoms with van der Waals surface area (Å²) in [5.74, 6) is 1.48. The summed E-state index contributed by atoms with van der Waals surface area (Å²) in [6.45, 7) is 3.73. The van der Waals surface area contributed by atoms with Crippen LogP contribution in [-0.4, -0.2) is 56.9 Å². The highest BCUT2D eigenvalue weighted by Gasteiger charge is 2.23. The number of carbonyl (C=O) groups is 1. The van der Waals surface area contributed by atoms with Gasteiger partial charge >= 0.3 is 0 Å². The van der Waals surface area contributed by atoms with Crippen molar-refractivity contribution in [2.24, 2.45) is 0 Å². The number of hydrogen-bond acceptors (Lipinski definition) is 9. The van der Waals surface area contributed by atoms with Crippen molar-refractivity contribution in [2.45, 2.75) is 26.0 Å². The minimum Gasteiger partial charge on any atom is -0.455 e. The normalized spacial score (nSPS) is 11.7. The number of thiophene rings is 1. The SMILES string of the molecule is CC(C)(O)C(=O)NCCn1ccc2ncnc(Nc3ccc(Oc4cccc5sccc45)c(Cl)c3)c21.CS(=O)(=O)O. The van der Waals surface area contributed by atoms with E-state index >= 15 is 0 Å². The number of hydrogen-bond donors (Lipinski definition) is 4. The Morgan fingerprint density at radius 3 is 2.61 bits per heavy atom. The number of anilines is 2. The highest BCUT2D eigenvalue weighted by atomic mass is 35.5. The van der Waals surface area contributed by atoms with Gasteiger partial charge in [0.2, 0.25) is 0 Å². The van der Waals surface area contributed by atoms with Gasteiger partial charge in [0.05, 0.1) is 16.8 Å². The van der Waals surface area contributed by atoms with Crippen LogP contribution >= 0.6 is 22.9 Å². The van der Waals surface area contributed by atoms with Crippen LogP contribution in [0.5, 0.6) is 11.5 Å². The fourth-order valence-electron chi connectivity index (χ4n) is 3.79. The predicted octanol–water partition coefficient (Wildman–Crippen LogP) is 5.23. The maximum Gasteiger partial charge on any atom is 0.261 e. The van der Waals surface area contributed by atoms with Crippen LogP contribution in [0.2, 0.25) is 5.02 Å². The number of benzene rings is 2. The third-order valence-electron chi connectivity index (χ3n) is 5.61. The first kappa shape index (κ1) is 30.2. The molecule has 0 saturated heterocycles. The number of rotatable bonds is 8. The second-order valence-electron chi connectivity index (χ2n) is 9.47. The lowest BCUT2D eigenvalue weighted by Gasteiger charge is -2.17. The van der Waals surface area contributed by atoms with E-state index in [1.54, 1.807) is 17.4 Å². The number of nitrogens with one attached hydrogen (secondary N) is 2. The second-order valence-corrected chi connectivity index (χ2v) is 12.3. The summed E-state index contributed by atoms with van der Waals surface area (Å²) in [7, 11) is -3.67. The van der Waals surface area contributed by atoms with Crippen LogP contribution in [0.25, 0.3) is 21.1 Å². The first-order chi connectivity index (χ1) is 19.3. The molecule has 0 atom stereocenters. The lowest BCUT2D eigenvalue weighted by atomic mass is 10.1. The highest BCUT2D eigenvalue weighted by molar-refractivity contribution is 7.85. The molecule has 0 bridgehead atoms. The summed E-state index contributed by atoms with van der Waals surface area (Å²) in [4.78, 5) is 20.7. The molecule has 1 amide bonds. The van der Waals surface area contributed by atoms with Gasteiger partial charge in [-0.1, -0.05) is 17.7 Å². The van der Waals surface area contributed by atoms with Crippen molar-refractivity contribution in [1.29, 1.82) is 0 Å². The summed E-state index contributed by atoms with van der Waals surface area (Å²) in [6.07, 6.45) is 4.09. The van der Waals surface area contributed by atoms with Gasteiger partial charge in [0.25, 0.3) is 16.0 Å². The standard InChI is InChI=1S/C26H24ClN5O3S.CH4O3S/c1-26(2,34)25(33)28-10-12-32-11-8-19-23(32)24(30-15-29-19)31-16-6-7-21(18(27)14-16)35-20-4-3-5-22-17(20)9-13-36-22;1-5(2,3)4/h3-9,11,13-15,34H,10,12H2,1-2H3,(H,28,33)(H,29,30,31);1H3,(H,2,3,4). The molecule has 5 aromatic rings. The molecule has 11 nitrogen and oxygen atoms in total. The van der Waals surface area contributed by atoms with Crippen molar-refractivity contribution in [1.82, 2.24) is 19.9 Å². The van der Waals surface area contributed by atoms with E-state index in [2.05, 4.69) is 26.7 Å². The molecule has 3 aromatic heterocycles. The third kappa shape index (κ3) is 8.15. The van der Waals surface area contributed by atoms with E-state index in [4.69, 9.17) is 20.9 Å². The van der Waals surface area contributed by atoms with Crippen LogP contribution in [-0.2, 0) is 21.5 Å². The molecular weight excluding hydrogens is 590 g/mol. The summed E-state index contributed by atoms with van der Waals surface area (Å²) in [5, 5.41) is 19.4. The van der Waals surface area contributed by atoms with Crippen LogP contribution in [0.4, 0.5) is 11.5 Å². The Bertz CT molecular complexity index is 1790. The first-order valence-corrected chi connectivity index (χ1v) is 15.3. The molecule has 0 aliphatic heterocycles. The summed E-state index contributed by atoms with van der Waals surface area (Å²) in [6, 6.07) is 15.3. The largest absolute Gasteiger partial charge is 0.455 e. The Morgan fingerprint density at radius 2 is 1.90 bits per heavy atom. The molecule has 0 unspecified atom stereocenters. The summed E-state index contributed by atoms with van der Waals surface area (Å²) in [5.41, 5.74) is 0.857. The fraction of sp³-hybridized carbons (Fsp3) is 0.222. The van der Waals surface area contributed by atoms with Gasteiger partial charge in [0, 0.05) is 35.1 Å². The Morgan fingerprint density at radius 1 is 1.15 bits per heavy atom. The number of ether oxygens (including phenoxy) is 1. The molecule has 4 N–H and O–H groups in total. The molecule has 5 rings (SSSR count). The van der Waals surface area contributed by atoms with E-state index in [1.165, 1.54) is 20.2 Å². The Kier molecular flexibility index (Phi) is 9.14. The van der Waals surface area contributed by atoms with E-state index in [9.17, 15) is 18.3 Å². The van der Waals surface area contributed by atoms with Gasteiger partial charge in [0.15, 0.2) is 5.82 Å². The minimum atomic E-state index is -3.67. The monoisotopic (exact) mass is 617 g/mol. The fourth-order valence-corrected chi connectivity index (χ4v) is 4.81. The molecular formula is C27H28ClN5O6S2. The van der Waals surface area contributed by atoms with Crippen LogP contribution in [0, 0.1) is 0 Å². The molecule has 0 fully saturated rings. The van der Waals surface area contributed by atoms with Crippen molar-refractivity contribution in [3.05, 3.63) is 71.5 Å². The maximum absolute atomic E-state index is 12.0. The molecule has 41 heavy (non-hydrogen) atoms. The van der Waals surface area contributed by atoms with Gasteiger partial charge < -0.3 is 25.0 Å². The van der Waals surface area contributed by atoms with Crippen molar-refractivity contribution >= 4 is 71.6 Å². The Labute approximate surface area is 245 Å². The average molecular weight is 618 g/mol. The molecule has 0 aliphatic rings. The van der Waals surface area contributed by atoms with Crippen molar-refractivity contribution < 1.29 is 27.6 Å². The first-order valence-electron chi connectivity index (χ1n) is 12.2. The van der Waals surface area contributed by atoms with Crippen molar-refractivity contribution in [2.75, 3.05) is 18.1 Å². The van der Waals surface area contributed by atoms with E-state index in [-0.39, 0.29) is 0 Å². The molecule has 216 valence electrons. The highest BCUT2D eigenvalue weighted by Crippen LogP contribution is 2.37. The molecule has 0 saturated carbocycles. The molecule has 2 aromatic carbocycles. The van der Waals surface area contributed by atoms with E-state index < -0.39 is 21.6 Å². The lowest BCUT2D eigenvalue weighted by molar-refractivity contribution is -0.136. The van der Waals surface area contributed by atoms with Crippen LogP contribution in [0.3, 0.4) is 0 Å². The van der Waals surface area contributed by atoms with Crippen LogP contribution in [0.1, 0.15) is 13.8 Å². The van der Waals surface area contributed by atoms with Crippen LogP contribution in [0.15, 0.2) is 66.4 Å². The number of aromatic nitrogens is 3. The Balaban J connectivity index is 0.000000714. The van der Waals surface area contributed by atoms with Crippen LogP contribution < -0.4 is 15.4 Å². The molecule has 0 spiro atoms. The molecule has 14 heteroatoms. The number of carbonyl (C=O) groups excluding carboxylic acids is 1. The lowest BCUT2D eigenvalue weighted by Crippen LogP contribution is -2.43. The number of fused-ring (bicyclic) bond motifs is 2. The number of amides is 1. The molecule has 0 aliphatic carbocycles. The van der Waals surface area contributed by atoms with Gasteiger partial charge in [-0.2, -0.15) is 8.42 Å². The average Bonchev–Trinajstić information content (AvgIpc) is 3.52. The van der Waals surface area contributed by atoms with Gasteiger partial charge in [0.1, 0.15) is 28.9 Å². The number of nitrogens with zero attached hydrogens (tertiary/aromatic N) is 3. The maximum atomic E-state index is 12.0. The minimum absolute atomic E-state index is 0.343. The van der Waals surface area contributed by atoms with E-state index in [0.29, 0.717) is 35.9 Å². The van der Waals surface area contributed by atoms with Crippen molar-refractivity contribution in [3.8, 4) is 11.5 Å². The van der Waals surface area contributed by atoms with Gasteiger partial charge in [-0.25, -0.2) is 9.97 Å². The predicted molar refractivity (Wildman–Crippen MR) is 161 cm³/mol. The Hall–Kier alpha value is -3.75. The third-order valence-corrected chi connectivity index (χ3v) is 6.79. The number of aliphatic hydroxyl groups is 1. The summed E-state index contributed by atoms with van der Waals surface area (Å²) < 4.78 is 35.1. The van der Waals surface area contributed by atoms with E-state index in [1.807, 2.05) is 52.5 Å². The van der Waals surface area contributed by atoms with E-state index in [0.717, 1.165) is 32.6 Å². The topological polar surface area (TPSA) is 156 Å². The quantitative estimate of drug-likeness (QED) is 0.171. The molecule has 0 radical (unpaired) electrons. The van der Waals surface area contributed by atoms with Gasteiger partial charge in [-0.05, 0) is 61.7 Å². The smallest absolute Gasteiger partial charge is 0.261 e. The zero-order valence-corrected chi connectivity index (χ0v) is 24.7. The van der Waals surface area contributed by atoms with Crippen molar-refractivity contribution in [3.63, 3.8) is 0 Å². The number of halogens is 1. The summed E-state index contributed by atoms with van der Waals surface area (Å²) >= 11 is 8.23.